The molecule has 3 heterocycles. The first kappa shape index (κ1) is 21.6. The van der Waals surface area contributed by atoms with Crippen molar-refractivity contribution in [2.24, 2.45) is 7.05 Å². The Morgan fingerprint density at radius 2 is 2.18 bits per heavy atom. The first-order chi connectivity index (χ1) is 15.8. The summed E-state index contributed by atoms with van der Waals surface area (Å²) in [4.78, 5) is 29.0. The van der Waals surface area contributed by atoms with E-state index in [-0.39, 0.29) is 29.1 Å². The van der Waals surface area contributed by atoms with Crippen molar-refractivity contribution in [3.8, 4) is 5.75 Å². The highest BCUT2D eigenvalue weighted by molar-refractivity contribution is 7.99. The molecule has 1 aliphatic carbocycles. The maximum atomic E-state index is 15.4. The fraction of sp³-hybridized carbons (Fsp3) is 0.409. The summed E-state index contributed by atoms with van der Waals surface area (Å²) in [5, 5.41) is 13.4. The predicted octanol–water partition coefficient (Wildman–Crippen LogP) is 3.02. The Morgan fingerprint density at radius 1 is 1.42 bits per heavy atom. The lowest BCUT2D eigenvalue weighted by molar-refractivity contribution is 0.0692. The van der Waals surface area contributed by atoms with Crippen molar-refractivity contribution in [1.29, 1.82) is 0 Å². The van der Waals surface area contributed by atoms with Gasteiger partial charge in [-0.1, -0.05) is 24.6 Å². The molecule has 11 heteroatoms. The van der Waals surface area contributed by atoms with Gasteiger partial charge < -0.3 is 30.0 Å². The van der Waals surface area contributed by atoms with Gasteiger partial charge in [0.05, 0.1) is 22.1 Å². The third kappa shape index (κ3) is 3.33. The van der Waals surface area contributed by atoms with E-state index in [2.05, 4.69) is 10.3 Å². The number of hydrogen-bond acceptors (Lipinski definition) is 7. The quantitative estimate of drug-likeness (QED) is 0.284. The van der Waals surface area contributed by atoms with E-state index in [0.29, 0.717) is 17.8 Å². The number of nitrogen functional groups attached to an aromatic ring is 1. The molecular formula is C22H24FN5O4S. The number of thioether (sulfide) groups is 1. The van der Waals surface area contributed by atoms with Gasteiger partial charge >= 0.3 is 5.97 Å². The summed E-state index contributed by atoms with van der Waals surface area (Å²) in [7, 11) is 1.90. The smallest absolute Gasteiger partial charge is 0.341 e. The number of ether oxygens (including phenoxy) is 1. The topological polar surface area (TPSA) is 124 Å². The van der Waals surface area contributed by atoms with Crippen molar-refractivity contribution in [3.05, 3.63) is 40.2 Å². The van der Waals surface area contributed by atoms with Crippen LogP contribution in [-0.4, -0.2) is 44.1 Å². The summed E-state index contributed by atoms with van der Waals surface area (Å²) in [6.45, 7) is 0.676. The lowest BCUT2D eigenvalue weighted by atomic mass is 9.93. The number of nitrogens with two attached hydrogens (primary N) is 1. The number of pyridine rings is 1. The number of aryl methyl sites for hydroxylation is 1. The number of aromatic carboxylic acids is 1. The summed E-state index contributed by atoms with van der Waals surface area (Å²) >= 11 is 1.51. The number of carboxylic acid groups (broad SMARTS) is 1. The Hall–Kier alpha value is -3.21. The molecule has 2 aliphatic rings. The summed E-state index contributed by atoms with van der Waals surface area (Å²) < 4.78 is 25.2. The number of rotatable bonds is 6. The van der Waals surface area contributed by atoms with E-state index in [1.54, 1.807) is 6.20 Å². The maximum Gasteiger partial charge on any atom is 0.341 e. The van der Waals surface area contributed by atoms with Crippen LogP contribution in [0.4, 0.5) is 15.8 Å². The molecular weight excluding hydrogens is 449 g/mol. The molecule has 2 aromatic heterocycles. The fourth-order valence-corrected chi connectivity index (χ4v) is 5.67. The minimum Gasteiger partial charge on any atom is -0.487 e. The third-order valence-electron chi connectivity index (χ3n) is 6.55. The van der Waals surface area contributed by atoms with Crippen molar-refractivity contribution in [2.75, 3.05) is 30.0 Å². The molecule has 0 radical (unpaired) electrons. The van der Waals surface area contributed by atoms with Crippen LogP contribution in [0.15, 0.2) is 28.5 Å². The van der Waals surface area contributed by atoms with Gasteiger partial charge in [-0.2, -0.15) is 0 Å². The zero-order chi connectivity index (χ0) is 23.3. The highest BCUT2D eigenvalue weighted by Gasteiger charge is 2.43. The van der Waals surface area contributed by atoms with Gasteiger partial charge in [0.25, 0.3) is 0 Å². The number of benzene rings is 1. The molecule has 0 bridgehead atoms. The normalized spacial score (nSPS) is 16.3. The number of imidazole rings is 1. The standard InChI is InChI=1S/C22H24FN5O4S/c1-27-8-6-26-21(27)33-9-7-25-16-14(23)15(24)13-17-19(16)32-11-22(4-2-3-5-22)28(17)10-12(18(13)29)20(30)31/h6,8,10,25H,2-5,7,9,11,24H2,1H3,(H,30,31). The lowest BCUT2D eigenvalue weighted by Gasteiger charge is -2.39. The Morgan fingerprint density at radius 3 is 2.85 bits per heavy atom. The average Bonchev–Trinajstić information content (AvgIpc) is 3.42. The van der Waals surface area contributed by atoms with Crippen LogP contribution in [0.5, 0.6) is 5.75 Å². The number of carboxylic acids is 1. The van der Waals surface area contributed by atoms with Gasteiger partial charge in [-0.05, 0) is 12.8 Å². The Labute approximate surface area is 192 Å². The van der Waals surface area contributed by atoms with Crippen LogP contribution in [0.1, 0.15) is 36.0 Å². The van der Waals surface area contributed by atoms with Gasteiger partial charge in [-0.3, -0.25) is 4.79 Å². The monoisotopic (exact) mass is 473 g/mol. The van der Waals surface area contributed by atoms with Gasteiger partial charge in [0.1, 0.15) is 17.9 Å². The van der Waals surface area contributed by atoms with E-state index in [4.69, 9.17) is 10.5 Å². The van der Waals surface area contributed by atoms with E-state index >= 15 is 4.39 Å². The molecule has 174 valence electrons. The molecule has 0 saturated heterocycles. The number of aromatic nitrogens is 3. The molecule has 0 atom stereocenters. The Kier molecular flexibility index (Phi) is 5.23. The van der Waals surface area contributed by atoms with Crippen molar-refractivity contribution < 1.29 is 19.0 Å². The number of carbonyl (C=O) groups is 1. The molecule has 1 spiro atoms. The Balaban J connectivity index is 1.61. The lowest BCUT2D eigenvalue weighted by Crippen LogP contribution is -2.42. The second kappa shape index (κ2) is 7.98. The number of halogens is 1. The minimum absolute atomic E-state index is 0.0875. The fourth-order valence-electron chi connectivity index (χ4n) is 4.88. The van der Waals surface area contributed by atoms with Gasteiger partial charge in [-0.15, -0.1) is 0 Å². The van der Waals surface area contributed by atoms with Crippen LogP contribution in [0, 0.1) is 5.82 Å². The molecule has 1 saturated carbocycles. The van der Waals surface area contributed by atoms with E-state index in [0.717, 1.165) is 30.8 Å². The largest absolute Gasteiger partial charge is 0.487 e. The Bertz CT molecular complexity index is 1330. The maximum absolute atomic E-state index is 15.4. The van der Waals surface area contributed by atoms with Crippen molar-refractivity contribution in [2.45, 2.75) is 36.4 Å². The highest BCUT2D eigenvalue weighted by Crippen LogP contribution is 2.48. The number of hydrogen-bond donors (Lipinski definition) is 3. The number of anilines is 2. The first-order valence-electron chi connectivity index (χ1n) is 10.7. The van der Waals surface area contributed by atoms with Crippen molar-refractivity contribution in [3.63, 3.8) is 0 Å². The number of nitrogens with zero attached hydrogens (tertiary/aromatic N) is 3. The second-order valence-corrected chi connectivity index (χ2v) is 9.58. The van der Waals surface area contributed by atoms with Crippen molar-refractivity contribution in [1.82, 2.24) is 14.1 Å². The molecule has 1 aromatic carbocycles. The molecule has 1 fully saturated rings. The average molecular weight is 474 g/mol. The second-order valence-electron chi connectivity index (χ2n) is 8.52. The van der Waals surface area contributed by atoms with Crippen LogP contribution in [0.25, 0.3) is 10.9 Å². The summed E-state index contributed by atoms with van der Waals surface area (Å²) in [6, 6.07) is 0. The highest BCUT2D eigenvalue weighted by atomic mass is 32.2. The zero-order valence-electron chi connectivity index (χ0n) is 18.1. The molecule has 33 heavy (non-hydrogen) atoms. The molecule has 3 aromatic rings. The molecule has 9 nitrogen and oxygen atoms in total. The van der Waals surface area contributed by atoms with E-state index < -0.39 is 28.3 Å². The number of fused-ring (bicyclic) bond motifs is 1. The van der Waals surface area contributed by atoms with Gasteiger partial charge in [0.15, 0.2) is 16.7 Å². The molecule has 0 unspecified atom stereocenters. The predicted molar refractivity (Wildman–Crippen MR) is 124 cm³/mol. The van der Waals surface area contributed by atoms with Crippen LogP contribution < -0.4 is 21.2 Å². The zero-order valence-corrected chi connectivity index (χ0v) is 18.9. The molecule has 4 N–H and O–H groups in total. The van der Waals surface area contributed by atoms with Gasteiger partial charge in [0, 0.05) is 37.9 Å². The van der Waals surface area contributed by atoms with Crippen molar-refractivity contribution >= 4 is 40.0 Å². The van der Waals surface area contributed by atoms with Crippen LogP contribution in [-0.2, 0) is 12.6 Å². The molecule has 5 rings (SSSR count). The van der Waals surface area contributed by atoms with Crippen LogP contribution in [0.2, 0.25) is 0 Å². The number of nitrogens with one attached hydrogen (secondary N) is 1. The SMILES string of the molecule is Cn1ccnc1SCCNc1c(F)c(N)c2c(=O)c(C(=O)O)cn3c2c1OCC31CCCC1. The molecule has 0 amide bonds. The molecule has 1 aliphatic heterocycles. The minimum atomic E-state index is -1.36. The van der Waals surface area contributed by atoms with Gasteiger partial charge in [-0.25, -0.2) is 14.2 Å². The van der Waals surface area contributed by atoms with Crippen LogP contribution >= 0.6 is 11.8 Å². The van der Waals surface area contributed by atoms with Crippen LogP contribution in [0.3, 0.4) is 0 Å². The van der Waals surface area contributed by atoms with Gasteiger partial charge in [0.2, 0.25) is 5.43 Å². The summed E-state index contributed by atoms with van der Waals surface area (Å²) in [6.07, 6.45) is 8.42. The van der Waals surface area contributed by atoms with E-state index in [1.807, 2.05) is 22.4 Å². The summed E-state index contributed by atoms with van der Waals surface area (Å²) in [5.41, 5.74) is 4.48. The van der Waals surface area contributed by atoms with E-state index in [9.17, 15) is 14.7 Å². The summed E-state index contributed by atoms with van der Waals surface area (Å²) in [5.74, 6) is -1.37. The third-order valence-corrected chi connectivity index (χ3v) is 7.61. The van der Waals surface area contributed by atoms with E-state index in [1.165, 1.54) is 18.0 Å². The first-order valence-corrected chi connectivity index (χ1v) is 11.7.